The molecule has 1 heterocycles. The molecule has 0 aliphatic rings. The summed E-state index contributed by atoms with van der Waals surface area (Å²) in [5, 5.41) is 1.21. The van der Waals surface area contributed by atoms with Gasteiger partial charge in [0, 0.05) is 11.4 Å². The Morgan fingerprint density at radius 1 is 0.895 bits per heavy atom. The Bertz CT molecular complexity index is 1350. The molecule has 1 amide bonds. The highest BCUT2D eigenvalue weighted by molar-refractivity contribution is 9.10. The molecule has 3 rings (SSSR count). The van der Waals surface area contributed by atoms with Crippen molar-refractivity contribution in [2.24, 2.45) is 0 Å². The van der Waals surface area contributed by atoms with Crippen molar-refractivity contribution in [3.8, 4) is 23.0 Å². The Morgan fingerprint density at radius 3 is 2.13 bits per heavy atom. The van der Waals surface area contributed by atoms with Crippen LogP contribution >= 0.6 is 15.9 Å². The van der Waals surface area contributed by atoms with Crippen LogP contribution in [0, 0.1) is 5.82 Å². The maximum absolute atomic E-state index is 15.1. The zero-order valence-corrected chi connectivity index (χ0v) is 21.3. The van der Waals surface area contributed by atoms with Crippen LogP contribution in [0.15, 0.2) is 53.1 Å². The Morgan fingerprint density at radius 2 is 1.55 bits per heavy atom. The van der Waals surface area contributed by atoms with Crippen molar-refractivity contribution in [1.29, 1.82) is 0 Å². The van der Waals surface area contributed by atoms with Crippen LogP contribution in [0.4, 0.5) is 36.6 Å². The topological polar surface area (TPSA) is 69.7 Å². The smallest absolute Gasteiger partial charge is 0.510 e. The lowest BCUT2D eigenvalue weighted by atomic mass is 9.52. The molecule has 0 saturated carbocycles. The summed E-state index contributed by atoms with van der Waals surface area (Å²) in [5.74, 6) is -5.38. The zero-order valence-electron chi connectivity index (χ0n) is 19.7. The van der Waals surface area contributed by atoms with E-state index in [0.717, 1.165) is 18.2 Å². The van der Waals surface area contributed by atoms with Gasteiger partial charge in [-0.2, -0.15) is 13.2 Å². The number of ether oxygens (including phenoxy) is 3. The minimum absolute atomic E-state index is 0.113. The van der Waals surface area contributed by atoms with E-state index in [2.05, 4.69) is 31.0 Å². The number of benzene rings is 2. The van der Waals surface area contributed by atoms with Gasteiger partial charge in [-0.1, -0.05) is 6.07 Å². The molecule has 6 nitrogen and oxygen atoms in total. The number of aromatic nitrogens is 1. The first-order chi connectivity index (χ1) is 17.4. The lowest BCUT2D eigenvalue weighted by Gasteiger charge is -2.25. The van der Waals surface area contributed by atoms with Gasteiger partial charge in [0.05, 0.1) is 5.56 Å². The summed E-state index contributed by atoms with van der Waals surface area (Å²) in [7, 11) is 4.70. The summed E-state index contributed by atoms with van der Waals surface area (Å²) in [6, 6.07) is 8.01. The second kappa shape index (κ2) is 10.8. The fourth-order valence-electron chi connectivity index (χ4n) is 3.03. The van der Waals surface area contributed by atoms with Crippen molar-refractivity contribution >= 4 is 51.2 Å². The van der Waals surface area contributed by atoms with E-state index in [1.165, 1.54) is 18.2 Å². The Balaban J connectivity index is 2.10. The molecule has 0 aliphatic heterocycles. The molecule has 0 atom stereocenters. The number of halogens is 8. The number of pyridine rings is 1. The van der Waals surface area contributed by atoms with Gasteiger partial charge in [-0.15, -0.1) is 13.2 Å². The first-order valence-electron chi connectivity index (χ1n) is 10.5. The van der Waals surface area contributed by atoms with Gasteiger partial charge in [0.25, 0.3) is 5.91 Å². The number of anilines is 1. The van der Waals surface area contributed by atoms with Gasteiger partial charge in [-0.05, 0) is 52.3 Å². The molecule has 0 bridgehead atoms. The Hall–Kier alpha value is -3.36. The second-order valence-electron chi connectivity index (χ2n) is 8.57. The highest BCUT2D eigenvalue weighted by atomic mass is 79.9. The second-order valence-corrected chi connectivity index (χ2v) is 9.38. The van der Waals surface area contributed by atoms with E-state index in [1.54, 1.807) is 23.5 Å². The van der Waals surface area contributed by atoms with Crippen LogP contribution in [0.1, 0.15) is 15.9 Å². The molecule has 1 N–H and O–H groups in total. The first-order valence-corrected chi connectivity index (χ1v) is 11.3. The van der Waals surface area contributed by atoms with E-state index in [1.807, 2.05) is 0 Å². The minimum Gasteiger partial charge on any atom is -0.510 e. The van der Waals surface area contributed by atoms with Gasteiger partial charge >= 0.3 is 12.5 Å². The third-order valence-electron chi connectivity index (χ3n) is 4.38. The van der Waals surface area contributed by atoms with E-state index < -0.39 is 52.2 Å². The van der Waals surface area contributed by atoms with Crippen molar-refractivity contribution in [2.75, 3.05) is 5.32 Å². The molecule has 2 aromatic carbocycles. The van der Waals surface area contributed by atoms with Gasteiger partial charge in [0.15, 0.2) is 17.3 Å². The number of carbonyl (C=O) groups excluding carboxylic acids is 1. The fourth-order valence-corrected chi connectivity index (χ4v) is 3.37. The average Bonchev–Trinajstić information content (AvgIpc) is 2.72. The summed E-state index contributed by atoms with van der Waals surface area (Å²) in [4.78, 5) is 16.9. The molecule has 0 saturated heterocycles. The Kier molecular flexibility index (Phi) is 8.29. The molecule has 38 heavy (non-hydrogen) atoms. The molecule has 0 radical (unpaired) electrons. The van der Waals surface area contributed by atoms with Crippen molar-refractivity contribution in [3.05, 3.63) is 70.1 Å². The van der Waals surface area contributed by atoms with Gasteiger partial charge in [0.2, 0.25) is 0 Å². The third-order valence-corrected chi connectivity index (χ3v) is 4.82. The third kappa shape index (κ3) is 7.82. The van der Waals surface area contributed by atoms with Crippen LogP contribution in [-0.2, 0) is 6.18 Å². The van der Waals surface area contributed by atoms with E-state index in [4.69, 9.17) is 9.47 Å². The van der Waals surface area contributed by atoms with Crippen molar-refractivity contribution in [3.63, 3.8) is 0 Å². The standard InChI is InChI=1S/C21H15B3BrF7N2O4/c22-20(23,24)38-13-8-9(37-21(30,31)32)4-6-11(13)36-12-7-5-10(19(27,28)29)17(26)16(12)18(35)34-15-3-1-2-14(25)33-15/h1-8H,22-24H2,(H,33,34,35). The van der Waals surface area contributed by atoms with Gasteiger partial charge in [0.1, 0.15) is 51.0 Å². The van der Waals surface area contributed by atoms with E-state index in [9.17, 15) is 31.1 Å². The average molecular weight is 605 g/mol. The predicted molar refractivity (Wildman–Crippen MR) is 133 cm³/mol. The van der Waals surface area contributed by atoms with Crippen LogP contribution < -0.4 is 19.5 Å². The zero-order chi connectivity index (χ0) is 28.5. The Labute approximate surface area is 222 Å². The van der Waals surface area contributed by atoms with Crippen molar-refractivity contribution in [2.45, 2.75) is 17.8 Å². The summed E-state index contributed by atoms with van der Waals surface area (Å²) < 4.78 is 109. The van der Waals surface area contributed by atoms with Crippen LogP contribution in [-0.4, -0.2) is 46.1 Å². The van der Waals surface area contributed by atoms with Crippen LogP contribution in [0.5, 0.6) is 23.0 Å². The van der Waals surface area contributed by atoms with Crippen LogP contribution in [0.3, 0.4) is 0 Å². The minimum atomic E-state index is -5.15. The van der Waals surface area contributed by atoms with Gasteiger partial charge in [-0.3, -0.25) is 4.79 Å². The number of amides is 1. The summed E-state index contributed by atoms with van der Waals surface area (Å²) >= 11 is 3.07. The van der Waals surface area contributed by atoms with Crippen molar-refractivity contribution in [1.82, 2.24) is 4.98 Å². The van der Waals surface area contributed by atoms with E-state index in [0.29, 0.717) is 12.1 Å². The molecule has 1 aromatic heterocycles. The number of rotatable bonds is 7. The largest absolute Gasteiger partial charge is 0.573 e. The monoisotopic (exact) mass is 604 g/mol. The summed E-state index contributed by atoms with van der Waals surface area (Å²) in [5.41, 5.74) is -2.86. The first kappa shape index (κ1) is 29.2. The number of alkyl halides is 6. The summed E-state index contributed by atoms with van der Waals surface area (Å²) in [6.07, 6.45) is -10.2. The van der Waals surface area contributed by atoms with Gasteiger partial charge in [-0.25, -0.2) is 9.37 Å². The number of hydrogen-bond donors (Lipinski definition) is 1. The summed E-state index contributed by atoms with van der Waals surface area (Å²) in [6.45, 7) is 0. The quantitative estimate of drug-likeness (QED) is 0.252. The molecule has 0 aliphatic carbocycles. The number of nitrogens with one attached hydrogen (secondary N) is 1. The molecule has 17 heteroatoms. The molecule has 0 spiro atoms. The normalized spacial score (nSPS) is 12.1. The maximum atomic E-state index is 15.1. The van der Waals surface area contributed by atoms with E-state index >= 15 is 4.39 Å². The van der Waals surface area contributed by atoms with Crippen LogP contribution in [0.2, 0.25) is 0 Å². The van der Waals surface area contributed by atoms with Crippen LogP contribution in [0.25, 0.3) is 0 Å². The number of nitrogens with zero attached hydrogens (tertiary/aromatic N) is 1. The van der Waals surface area contributed by atoms with Crippen molar-refractivity contribution < 1.29 is 49.7 Å². The number of hydrogen-bond acceptors (Lipinski definition) is 5. The maximum Gasteiger partial charge on any atom is 0.573 e. The number of carbonyl (C=O) groups is 1. The lowest BCUT2D eigenvalue weighted by molar-refractivity contribution is -0.274. The van der Waals surface area contributed by atoms with E-state index in [-0.39, 0.29) is 21.9 Å². The van der Waals surface area contributed by atoms with Gasteiger partial charge < -0.3 is 19.5 Å². The fraction of sp³-hybridized carbons (Fsp3) is 0.143. The molecule has 0 fully saturated rings. The molecule has 3 aromatic rings. The molecular weight excluding hydrogens is 590 g/mol. The highest BCUT2D eigenvalue weighted by Gasteiger charge is 2.38. The molecule has 198 valence electrons. The highest BCUT2D eigenvalue weighted by Crippen LogP contribution is 2.41. The molecule has 0 unspecified atom stereocenters. The molecular formula is C21H15B3BrF7N2O4. The predicted octanol–water partition coefficient (Wildman–Crippen LogP) is 3.83. The lowest BCUT2D eigenvalue weighted by Crippen LogP contribution is -2.37. The SMILES string of the molecule is BC(B)(B)Oc1cc(OC(F)(F)F)ccc1Oc1ccc(C(F)(F)F)c(F)c1C(=O)Nc1cccc(Br)n1.